The lowest BCUT2D eigenvalue weighted by Crippen LogP contribution is -2.44. The monoisotopic (exact) mass is 481 g/mol. The molecule has 2 amide bonds. The molecule has 35 heavy (non-hydrogen) atoms. The van der Waals surface area contributed by atoms with Crippen LogP contribution in [-0.4, -0.2) is 32.9 Å². The number of nitrogens with zero attached hydrogens (tertiary/aromatic N) is 4. The van der Waals surface area contributed by atoms with Crippen LogP contribution >= 0.6 is 0 Å². The second-order valence-corrected chi connectivity index (χ2v) is 7.88. The van der Waals surface area contributed by atoms with E-state index < -0.39 is 33.2 Å². The number of aryl methyl sites for hydroxylation is 2. The van der Waals surface area contributed by atoms with E-state index in [1.807, 2.05) is 0 Å². The molecular formula is C22H19N5O8. The summed E-state index contributed by atoms with van der Waals surface area (Å²) in [7, 11) is 0. The number of nitro benzene ring substituents is 2. The Hall–Kier alpha value is -4.81. The van der Waals surface area contributed by atoms with E-state index in [1.165, 1.54) is 17.0 Å². The summed E-state index contributed by atoms with van der Waals surface area (Å²) in [5.74, 6) is -0.138. The summed E-state index contributed by atoms with van der Waals surface area (Å²) >= 11 is 0. The number of nitrogens with one attached hydrogen (secondary N) is 1. The summed E-state index contributed by atoms with van der Waals surface area (Å²) in [4.78, 5) is 47.8. The van der Waals surface area contributed by atoms with Crippen LogP contribution in [0.4, 0.5) is 22.7 Å². The van der Waals surface area contributed by atoms with Crippen LogP contribution in [0.15, 0.2) is 40.9 Å². The molecule has 2 aromatic carbocycles. The van der Waals surface area contributed by atoms with Crippen molar-refractivity contribution in [3.8, 4) is 5.75 Å². The number of benzene rings is 2. The summed E-state index contributed by atoms with van der Waals surface area (Å²) < 4.78 is 10.9. The third-order valence-electron chi connectivity index (χ3n) is 5.51. The van der Waals surface area contributed by atoms with Gasteiger partial charge in [-0.05, 0) is 39.0 Å². The first-order valence-electron chi connectivity index (χ1n) is 10.3. The van der Waals surface area contributed by atoms with Crippen molar-refractivity contribution in [1.29, 1.82) is 0 Å². The number of rotatable bonds is 6. The zero-order valence-electron chi connectivity index (χ0n) is 18.8. The fourth-order valence-electron chi connectivity index (χ4n) is 3.67. The minimum atomic E-state index is -0.820. The summed E-state index contributed by atoms with van der Waals surface area (Å²) in [6.45, 7) is 5.28. The summed E-state index contributed by atoms with van der Waals surface area (Å²) in [5, 5.41) is 28.7. The number of carbonyl (C=O) groups is 2. The first-order chi connectivity index (χ1) is 16.5. The maximum Gasteiger partial charge on any atom is 0.277 e. The molecule has 0 spiro atoms. The van der Waals surface area contributed by atoms with Gasteiger partial charge in [-0.15, -0.1) is 0 Å². The van der Waals surface area contributed by atoms with Crippen LogP contribution in [0.2, 0.25) is 0 Å². The molecule has 0 bridgehead atoms. The molecule has 0 fully saturated rings. The van der Waals surface area contributed by atoms with Crippen LogP contribution < -0.4 is 15.0 Å². The molecule has 0 radical (unpaired) electrons. The average molecular weight is 481 g/mol. The van der Waals surface area contributed by atoms with Gasteiger partial charge in [0.25, 0.3) is 23.2 Å². The maximum absolute atomic E-state index is 12.9. The van der Waals surface area contributed by atoms with Gasteiger partial charge in [-0.2, -0.15) is 0 Å². The van der Waals surface area contributed by atoms with Gasteiger partial charge in [0.15, 0.2) is 6.10 Å². The number of ether oxygens (including phenoxy) is 1. The van der Waals surface area contributed by atoms with E-state index in [-0.39, 0.29) is 23.7 Å². The molecule has 180 valence electrons. The topological polar surface area (TPSA) is 171 Å². The Labute approximate surface area is 197 Å². The minimum absolute atomic E-state index is 0.162. The molecule has 1 aliphatic heterocycles. The molecule has 1 unspecified atom stereocenters. The quantitative estimate of drug-likeness (QED) is 0.407. The molecule has 13 nitrogen and oxygen atoms in total. The third kappa shape index (κ3) is 4.51. The highest BCUT2D eigenvalue weighted by Gasteiger charge is 2.33. The van der Waals surface area contributed by atoms with Crippen molar-refractivity contribution in [2.45, 2.75) is 33.4 Å². The van der Waals surface area contributed by atoms with Gasteiger partial charge in [-0.25, -0.2) is 0 Å². The lowest BCUT2D eigenvalue weighted by Gasteiger charge is -2.33. The first-order valence-corrected chi connectivity index (χ1v) is 10.3. The molecule has 2 heterocycles. The van der Waals surface area contributed by atoms with E-state index in [0.717, 1.165) is 23.8 Å². The molecule has 1 atom stereocenters. The average Bonchev–Trinajstić information content (AvgIpc) is 3.13. The van der Waals surface area contributed by atoms with Gasteiger partial charge in [-0.1, -0.05) is 5.16 Å². The fraction of sp³-hybridized carbons (Fsp3) is 0.227. The van der Waals surface area contributed by atoms with Gasteiger partial charge in [-0.3, -0.25) is 29.8 Å². The van der Waals surface area contributed by atoms with E-state index in [1.54, 1.807) is 26.8 Å². The number of aromatic nitrogens is 1. The van der Waals surface area contributed by atoms with Crippen molar-refractivity contribution in [3.05, 3.63) is 79.2 Å². The fourth-order valence-corrected chi connectivity index (χ4v) is 3.67. The molecule has 13 heteroatoms. The van der Waals surface area contributed by atoms with E-state index in [0.29, 0.717) is 22.9 Å². The molecular weight excluding hydrogens is 462 g/mol. The standard InChI is InChI=1S/C22H19N5O8/c1-11-18(12(2)35-24-11)10-25-19-8-15(4-5-20(19)34-13(3)22(25)29)23-21(28)14-6-16(26(30)31)9-17(7-14)27(32)33/h4-9,13H,10H2,1-3H3,(H,23,28). The van der Waals surface area contributed by atoms with Crippen molar-refractivity contribution in [2.24, 2.45) is 0 Å². The van der Waals surface area contributed by atoms with Crippen LogP contribution in [0.1, 0.15) is 34.3 Å². The van der Waals surface area contributed by atoms with Crippen LogP contribution in [0.25, 0.3) is 0 Å². The zero-order valence-corrected chi connectivity index (χ0v) is 18.8. The number of amides is 2. The molecule has 0 aliphatic carbocycles. The number of carbonyl (C=O) groups excluding carboxylic acids is 2. The zero-order chi connectivity index (χ0) is 25.4. The van der Waals surface area contributed by atoms with E-state index >= 15 is 0 Å². The molecule has 1 N–H and O–H groups in total. The van der Waals surface area contributed by atoms with Gasteiger partial charge in [0.1, 0.15) is 11.5 Å². The van der Waals surface area contributed by atoms with Gasteiger partial charge < -0.3 is 19.5 Å². The Morgan fingerprint density at radius 1 is 1.11 bits per heavy atom. The van der Waals surface area contributed by atoms with Crippen molar-refractivity contribution in [3.63, 3.8) is 0 Å². The Kier molecular flexibility index (Phi) is 5.91. The van der Waals surface area contributed by atoms with E-state index in [9.17, 15) is 29.8 Å². The normalized spacial score (nSPS) is 14.8. The number of anilines is 2. The predicted molar refractivity (Wildman–Crippen MR) is 121 cm³/mol. The number of nitro groups is 2. The maximum atomic E-state index is 12.9. The van der Waals surface area contributed by atoms with Crippen molar-refractivity contribution < 1.29 is 28.7 Å². The Balaban J connectivity index is 1.67. The largest absolute Gasteiger partial charge is 0.479 e. The SMILES string of the molecule is Cc1noc(C)c1CN1C(=O)C(C)Oc2ccc(NC(=O)c3cc([N+](=O)[O-])cc([N+](=O)[O-])c3)cc21. The van der Waals surface area contributed by atoms with Gasteiger partial charge >= 0.3 is 0 Å². The van der Waals surface area contributed by atoms with Crippen molar-refractivity contribution >= 4 is 34.6 Å². The molecule has 0 saturated carbocycles. The van der Waals surface area contributed by atoms with E-state index in [4.69, 9.17) is 9.26 Å². The molecule has 0 saturated heterocycles. The molecule has 1 aromatic heterocycles. The van der Waals surface area contributed by atoms with Gasteiger partial charge in [0.2, 0.25) is 0 Å². The minimum Gasteiger partial charge on any atom is -0.479 e. The van der Waals surface area contributed by atoms with Crippen molar-refractivity contribution in [1.82, 2.24) is 5.16 Å². The molecule has 1 aliphatic rings. The molecule has 4 rings (SSSR count). The Bertz CT molecular complexity index is 1330. The highest BCUT2D eigenvalue weighted by Crippen LogP contribution is 2.38. The Morgan fingerprint density at radius 2 is 1.77 bits per heavy atom. The summed E-state index contributed by atoms with van der Waals surface area (Å²) in [5.41, 5.74) is 0.553. The van der Waals surface area contributed by atoms with Crippen molar-refractivity contribution in [2.75, 3.05) is 10.2 Å². The van der Waals surface area contributed by atoms with Gasteiger partial charge in [0.05, 0.1) is 39.4 Å². The van der Waals surface area contributed by atoms with Gasteiger partial charge in [0, 0.05) is 23.4 Å². The van der Waals surface area contributed by atoms with Crippen LogP contribution in [0, 0.1) is 34.1 Å². The number of hydrogen-bond donors (Lipinski definition) is 1. The first kappa shape index (κ1) is 23.4. The number of non-ortho nitro benzene ring substituents is 2. The second kappa shape index (κ2) is 8.85. The number of fused-ring (bicyclic) bond motifs is 1. The second-order valence-electron chi connectivity index (χ2n) is 7.88. The number of hydrogen-bond acceptors (Lipinski definition) is 9. The lowest BCUT2D eigenvalue weighted by atomic mass is 10.1. The van der Waals surface area contributed by atoms with Crippen LogP contribution in [0.3, 0.4) is 0 Å². The summed E-state index contributed by atoms with van der Waals surface area (Å²) in [6, 6.07) is 7.27. The molecule has 3 aromatic rings. The van der Waals surface area contributed by atoms with Crippen LogP contribution in [0.5, 0.6) is 5.75 Å². The Morgan fingerprint density at radius 3 is 2.34 bits per heavy atom. The smallest absolute Gasteiger partial charge is 0.277 e. The van der Waals surface area contributed by atoms with Crippen LogP contribution in [-0.2, 0) is 11.3 Å². The highest BCUT2D eigenvalue weighted by molar-refractivity contribution is 6.06. The predicted octanol–water partition coefficient (Wildman–Crippen LogP) is 3.67. The summed E-state index contributed by atoms with van der Waals surface area (Å²) in [6.07, 6.45) is -0.742. The van der Waals surface area contributed by atoms with E-state index in [2.05, 4.69) is 10.5 Å². The lowest BCUT2D eigenvalue weighted by molar-refractivity contribution is -0.394. The highest BCUT2D eigenvalue weighted by atomic mass is 16.6. The third-order valence-corrected chi connectivity index (χ3v) is 5.51.